The maximum absolute atomic E-state index is 14.3. The van der Waals surface area contributed by atoms with E-state index in [2.05, 4.69) is 114 Å². The average Bonchev–Trinajstić information content (AvgIpc) is 4.13. The lowest BCUT2D eigenvalue weighted by Gasteiger charge is -2.41. The van der Waals surface area contributed by atoms with Crippen molar-refractivity contribution in [3.63, 3.8) is 0 Å². The second-order valence-electron chi connectivity index (χ2n) is 21.3. The van der Waals surface area contributed by atoms with Crippen LogP contribution >= 0.6 is 0 Å². The zero-order valence-corrected chi connectivity index (χ0v) is 50.5. The number of cyclic esters (lactones) is 1. The lowest BCUT2D eigenvalue weighted by molar-refractivity contribution is -0.222. The highest BCUT2D eigenvalue weighted by atomic mass is 28.4. The van der Waals surface area contributed by atoms with Gasteiger partial charge in [-0.25, -0.2) is 4.79 Å². The first-order chi connectivity index (χ1) is 33.2. The van der Waals surface area contributed by atoms with E-state index in [4.69, 9.17) is 37.0 Å². The SMILES string of the molecule is CCOC(C)O[C@]1(C)CCC(O[Si](CC)(CC)CC)CC(=O)O[C@H](/C(C)=C/C=C/C(C)(C[C@H]2O[C@@H]2[C@H](C)[C@H](CC)O[Si](CC)(CC)CC)O[Si](CC)(CC)CC)[C@@H](C)/C=C/[C@@H]1OC(=O)N1CCNCC1. The highest BCUT2D eigenvalue weighted by molar-refractivity contribution is 6.74. The van der Waals surface area contributed by atoms with E-state index in [9.17, 15) is 9.59 Å². The highest BCUT2D eigenvalue weighted by Gasteiger charge is 2.51. The smallest absolute Gasteiger partial charge is 0.410 e. The van der Waals surface area contributed by atoms with Crippen molar-refractivity contribution in [1.82, 2.24) is 10.2 Å². The fourth-order valence-corrected chi connectivity index (χ4v) is 20.1. The van der Waals surface area contributed by atoms with Crippen molar-refractivity contribution in [3.05, 3.63) is 36.0 Å². The molecule has 0 saturated carbocycles. The van der Waals surface area contributed by atoms with Crippen molar-refractivity contribution in [1.29, 1.82) is 0 Å². The van der Waals surface area contributed by atoms with Gasteiger partial charge in [-0.15, -0.1) is 0 Å². The van der Waals surface area contributed by atoms with Crippen LogP contribution in [-0.2, 0) is 41.8 Å². The summed E-state index contributed by atoms with van der Waals surface area (Å²) in [5.41, 5.74) is -0.678. The van der Waals surface area contributed by atoms with Crippen LogP contribution in [0.2, 0.25) is 54.4 Å². The second kappa shape index (κ2) is 29.4. The summed E-state index contributed by atoms with van der Waals surface area (Å²) in [6, 6.07) is 9.37. The Bertz CT molecular complexity index is 1620. The van der Waals surface area contributed by atoms with Crippen molar-refractivity contribution in [3.8, 4) is 0 Å². The van der Waals surface area contributed by atoms with Gasteiger partial charge in [-0.2, -0.15) is 0 Å². The topological polar surface area (TPSA) is 127 Å². The third-order valence-corrected chi connectivity index (χ3v) is 30.9. The summed E-state index contributed by atoms with van der Waals surface area (Å²) in [7, 11) is -6.01. The van der Waals surface area contributed by atoms with E-state index >= 15 is 0 Å². The van der Waals surface area contributed by atoms with Gasteiger partial charge in [-0.1, -0.05) is 107 Å². The number of nitrogens with one attached hydrogen (secondary N) is 1. The minimum Gasteiger partial charge on any atom is -0.457 e. The number of nitrogens with zero attached hydrogens (tertiary/aromatic N) is 1. The van der Waals surface area contributed by atoms with Crippen molar-refractivity contribution in [2.24, 2.45) is 11.8 Å². The number of hydrogen-bond donors (Lipinski definition) is 1. The number of hydrogen-bond acceptors (Lipinski definition) is 11. The molecule has 12 nitrogen and oxygen atoms in total. The molecule has 11 atom stereocenters. The lowest BCUT2D eigenvalue weighted by Crippen LogP contribution is -2.52. The van der Waals surface area contributed by atoms with Crippen LogP contribution in [0.1, 0.15) is 150 Å². The first-order valence-corrected chi connectivity index (χ1v) is 35.7. The fraction of sp³-hybridized carbons (Fsp3) is 0.855. The molecule has 0 aliphatic carbocycles. The van der Waals surface area contributed by atoms with Crippen LogP contribution in [0.3, 0.4) is 0 Å². The number of amides is 1. The molecule has 15 heteroatoms. The number of epoxide rings is 1. The molecule has 0 bridgehead atoms. The van der Waals surface area contributed by atoms with Crippen molar-refractivity contribution >= 4 is 37.0 Å². The van der Waals surface area contributed by atoms with E-state index in [0.717, 1.165) is 72.8 Å². The predicted molar refractivity (Wildman–Crippen MR) is 294 cm³/mol. The molecule has 3 heterocycles. The normalized spacial score (nSPS) is 28.3. The van der Waals surface area contributed by atoms with Crippen LogP contribution in [0.15, 0.2) is 36.0 Å². The van der Waals surface area contributed by atoms with Crippen molar-refractivity contribution in [2.45, 2.75) is 258 Å². The first-order valence-electron chi connectivity index (χ1n) is 28.1. The van der Waals surface area contributed by atoms with Gasteiger partial charge in [0, 0.05) is 57.1 Å². The zero-order chi connectivity index (χ0) is 52.3. The Hall–Kier alpha value is -1.67. The molecule has 1 amide bonds. The molecule has 3 unspecified atom stereocenters. The number of ether oxygens (including phenoxy) is 5. The van der Waals surface area contributed by atoms with Gasteiger partial charge in [-0.05, 0) is 120 Å². The molecule has 2 saturated heterocycles. The summed E-state index contributed by atoms with van der Waals surface area (Å²) < 4.78 is 53.9. The van der Waals surface area contributed by atoms with Gasteiger partial charge in [0.05, 0.1) is 30.3 Å². The molecule has 406 valence electrons. The zero-order valence-electron chi connectivity index (χ0n) is 47.5. The molecule has 0 aromatic carbocycles. The molecule has 1 N–H and O–H groups in total. The Morgan fingerprint density at radius 1 is 0.900 bits per heavy atom. The van der Waals surface area contributed by atoms with Gasteiger partial charge in [0.15, 0.2) is 37.3 Å². The van der Waals surface area contributed by atoms with Gasteiger partial charge in [0.1, 0.15) is 11.7 Å². The minimum atomic E-state index is -2.16. The summed E-state index contributed by atoms with van der Waals surface area (Å²) in [6.07, 6.45) is 10.9. The van der Waals surface area contributed by atoms with E-state index in [1.807, 2.05) is 39.8 Å². The summed E-state index contributed by atoms with van der Waals surface area (Å²) in [4.78, 5) is 30.0. The number of carbonyl (C=O) groups is 2. The quantitative estimate of drug-likeness (QED) is 0.0201. The third-order valence-electron chi connectivity index (χ3n) is 16.8. The molecule has 0 aromatic heterocycles. The largest absolute Gasteiger partial charge is 0.457 e. The Kier molecular flexibility index (Phi) is 26.3. The maximum atomic E-state index is 14.3. The molecule has 2 fully saturated rings. The summed E-state index contributed by atoms with van der Waals surface area (Å²) >= 11 is 0. The van der Waals surface area contributed by atoms with Gasteiger partial charge >= 0.3 is 12.1 Å². The number of carbonyl (C=O) groups excluding carboxylic acids is 2. The summed E-state index contributed by atoms with van der Waals surface area (Å²) in [5, 5.41) is 3.33. The van der Waals surface area contributed by atoms with Crippen LogP contribution in [0.5, 0.6) is 0 Å². The Morgan fingerprint density at radius 2 is 1.49 bits per heavy atom. The number of allylic oxidation sites excluding steroid dienone is 2. The van der Waals surface area contributed by atoms with Gasteiger partial charge in [0.25, 0.3) is 0 Å². The van der Waals surface area contributed by atoms with Crippen molar-refractivity contribution < 1.29 is 46.6 Å². The molecular weight excluding hydrogens is 933 g/mol. The van der Waals surface area contributed by atoms with Crippen LogP contribution in [0.25, 0.3) is 0 Å². The van der Waals surface area contributed by atoms with Gasteiger partial charge in [-0.3, -0.25) is 4.79 Å². The number of rotatable bonds is 28. The standard InChI is InChI=1S/C55H104N2O10Si3/c1-18-47(66-69(23-6,24-7)25-8)44(14)52-48(61-52)41-54(16,67-70(26-9,27-10)28-11)34-29-30-42(12)51-43(13)31-32-49(62-53(59)57-38-36-56-37-39-57)55(17,64-45(15)60-19-2)35-33-46(40-50(58)63-51)65-68(20-3,21-4)22-5/h29-32,34,43-49,51-52,56H,18-28,33,35-41H2,1-17H3/b32-31+,34-29+,42-30+/t43-,44+,45?,46?,47-,48+,49-,51+,52+,54?,55+/m0/s1. The van der Waals surface area contributed by atoms with Crippen LogP contribution in [-0.4, -0.2) is 129 Å². The van der Waals surface area contributed by atoms with E-state index in [1.54, 1.807) is 4.90 Å². The van der Waals surface area contributed by atoms with Crippen LogP contribution < -0.4 is 5.32 Å². The molecule has 70 heavy (non-hydrogen) atoms. The average molecular weight is 1040 g/mol. The first kappa shape index (κ1) is 62.6. The van der Waals surface area contributed by atoms with Gasteiger partial charge in [0.2, 0.25) is 0 Å². The second-order valence-corrected chi connectivity index (χ2v) is 35.5. The monoisotopic (exact) mass is 1040 g/mol. The minimum absolute atomic E-state index is 0.0768. The lowest BCUT2D eigenvalue weighted by atomic mass is 9.88. The predicted octanol–water partition coefficient (Wildman–Crippen LogP) is 13.1. The number of esters is 1. The summed E-state index contributed by atoms with van der Waals surface area (Å²) in [5.74, 6) is -0.291. The summed E-state index contributed by atoms with van der Waals surface area (Å²) in [6.45, 7) is 40.1. The number of piperazine rings is 1. The molecule has 0 radical (unpaired) electrons. The van der Waals surface area contributed by atoms with Gasteiger partial charge < -0.3 is 47.2 Å². The molecule has 3 aliphatic heterocycles. The molecule has 3 aliphatic rings. The van der Waals surface area contributed by atoms with Crippen LogP contribution in [0, 0.1) is 11.8 Å². The Labute approximate surface area is 430 Å². The van der Waals surface area contributed by atoms with E-state index in [-0.39, 0.29) is 48.6 Å². The third kappa shape index (κ3) is 17.7. The van der Waals surface area contributed by atoms with E-state index in [0.29, 0.717) is 45.6 Å². The molecule has 0 spiro atoms. The maximum Gasteiger partial charge on any atom is 0.410 e. The fourth-order valence-electron chi connectivity index (χ4n) is 11.1. The van der Waals surface area contributed by atoms with Crippen molar-refractivity contribution in [2.75, 3.05) is 32.8 Å². The highest BCUT2D eigenvalue weighted by Crippen LogP contribution is 2.43. The van der Waals surface area contributed by atoms with E-state index < -0.39 is 60.8 Å². The molecular formula is C55H104N2O10Si3. The molecule has 3 rings (SSSR count). The Morgan fingerprint density at radius 3 is 2.03 bits per heavy atom. The Balaban J connectivity index is 2.09. The van der Waals surface area contributed by atoms with Crippen LogP contribution in [0.4, 0.5) is 4.79 Å². The van der Waals surface area contributed by atoms with E-state index in [1.165, 1.54) is 0 Å². The molecule has 0 aromatic rings.